The van der Waals surface area contributed by atoms with Crippen LogP contribution in [0.4, 0.5) is 4.79 Å². The third-order valence-electron chi connectivity index (χ3n) is 4.64. The van der Waals surface area contributed by atoms with Crippen LogP contribution in [0, 0.1) is 5.92 Å². The molecule has 0 bridgehead atoms. The van der Waals surface area contributed by atoms with Gasteiger partial charge in [0.05, 0.1) is 18.6 Å². The van der Waals surface area contributed by atoms with E-state index in [0.29, 0.717) is 23.0 Å². The molecule has 6 heteroatoms. The monoisotopic (exact) mass is 361 g/mol. The van der Waals surface area contributed by atoms with Gasteiger partial charge in [-0.15, -0.1) is 0 Å². The van der Waals surface area contributed by atoms with Crippen LogP contribution in [-0.4, -0.2) is 24.9 Å². The predicted octanol–water partition coefficient (Wildman–Crippen LogP) is 4.37. The lowest BCUT2D eigenvalue weighted by Crippen LogP contribution is -2.17. The highest BCUT2D eigenvalue weighted by Crippen LogP contribution is 2.32. The van der Waals surface area contributed by atoms with Crippen LogP contribution in [0.25, 0.3) is 6.08 Å². The zero-order valence-corrected chi connectivity index (χ0v) is 15.2. The van der Waals surface area contributed by atoms with Crippen LogP contribution in [0.3, 0.4) is 0 Å². The van der Waals surface area contributed by atoms with Crippen molar-refractivity contribution < 1.29 is 19.1 Å². The van der Waals surface area contributed by atoms with Crippen LogP contribution in [0.5, 0.6) is 11.5 Å². The van der Waals surface area contributed by atoms with E-state index in [9.17, 15) is 9.59 Å². The highest BCUT2D eigenvalue weighted by Gasteiger charge is 2.25. The Bertz CT molecular complexity index is 680. The SMILES string of the molecule is COc1cc(/C=C2\SC(=O)NC2=O)ccc1OCCC1CCCCC1. The number of ether oxygens (including phenoxy) is 2. The maximum Gasteiger partial charge on any atom is 0.290 e. The van der Waals surface area contributed by atoms with Gasteiger partial charge in [0, 0.05) is 0 Å². The molecule has 0 unspecified atom stereocenters. The number of hydrogen-bond acceptors (Lipinski definition) is 5. The van der Waals surface area contributed by atoms with Crippen molar-refractivity contribution in [2.24, 2.45) is 5.92 Å². The van der Waals surface area contributed by atoms with Crippen molar-refractivity contribution in [1.29, 1.82) is 0 Å². The quantitative estimate of drug-likeness (QED) is 0.762. The Morgan fingerprint density at radius 1 is 1.20 bits per heavy atom. The average molecular weight is 361 g/mol. The van der Waals surface area contributed by atoms with Crippen molar-refractivity contribution in [2.75, 3.05) is 13.7 Å². The Balaban J connectivity index is 1.62. The van der Waals surface area contributed by atoms with E-state index < -0.39 is 0 Å². The number of imide groups is 1. The number of amides is 2. The molecule has 1 saturated carbocycles. The lowest BCUT2D eigenvalue weighted by Gasteiger charge is -2.21. The van der Waals surface area contributed by atoms with Gasteiger partial charge in [0.15, 0.2) is 11.5 Å². The first-order chi connectivity index (χ1) is 12.2. The zero-order chi connectivity index (χ0) is 17.6. The summed E-state index contributed by atoms with van der Waals surface area (Å²) in [6, 6.07) is 5.53. The minimum Gasteiger partial charge on any atom is -0.493 e. The lowest BCUT2D eigenvalue weighted by molar-refractivity contribution is -0.115. The molecule has 134 valence electrons. The Kier molecular flexibility index (Phi) is 6.02. The molecule has 5 nitrogen and oxygen atoms in total. The lowest BCUT2D eigenvalue weighted by atomic mass is 9.87. The molecule has 25 heavy (non-hydrogen) atoms. The molecule has 1 aromatic rings. The van der Waals surface area contributed by atoms with Crippen LogP contribution in [-0.2, 0) is 4.79 Å². The Morgan fingerprint density at radius 2 is 2.00 bits per heavy atom. The first-order valence-electron chi connectivity index (χ1n) is 8.71. The van der Waals surface area contributed by atoms with Crippen molar-refractivity contribution in [1.82, 2.24) is 5.32 Å². The molecule has 1 saturated heterocycles. The van der Waals surface area contributed by atoms with Crippen molar-refractivity contribution in [3.05, 3.63) is 28.7 Å². The number of carbonyl (C=O) groups excluding carboxylic acids is 2. The summed E-state index contributed by atoms with van der Waals surface area (Å²) < 4.78 is 11.3. The fourth-order valence-electron chi connectivity index (χ4n) is 3.28. The molecule has 1 heterocycles. The molecule has 1 N–H and O–H groups in total. The van der Waals surface area contributed by atoms with Gasteiger partial charge in [0.2, 0.25) is 0 Å². The van der Waals surface area contributed by atoms with E-state index >= 15 is 0 Å². The van der Waals surface area contributed by atoms with E-state index in [2.05, 4.69) is 5.32 Å². The number of hydrogen-bond donors (Lipinski definition) is 1. The van der Waals surface area contributed by atoms with E-state index in [0.717, 1.165) is 29.7 Å². The first kappa shape index (κ1) is 17.9. The molecular weight excluding hydrogens is 338 g/mol. The largest absolute Gasteiger partial charge is 0.493 e. The second-order valence-electron chi connectivity index (χ2n) is 6.40. The summed E-state index contributed by atoms with van der Waals surface area (Å²) in [6.07, 6.45) is 9.42. The van der Waals surface area contributed by atoms with E-state index in [-0.39, 0.29) is 11.1 Å². The van der Waals surface area contributed by atoms with E-state index in [1.165, 1.54) is 32.1 Å². The minimum absolute atomic E-state index is 0.342. The van der Waals surface area contributed by atoms with Gasteiger partial charge in [-0.3, -0.25) is 14.9 Å². The van der Waals surface area contributed by atoms with Crippen molar-refractivity contribution in [3.8, 4) is 11.5 Å². The minimum atomic E-state index is -0.359. The summed E-state index contributed by atoms with van der Waals surface area (Å²) in [5.41, 5.74) is 0.795. The number of carbonyl (C=O) groups is 2. The summed E-state index contributed by atoms with van der Waals surface area (Å²) in [7, 11) is 1.60. The van der Waals surface area contributed by atoms with Gasteiger partial charge in [0.25, 0.3) is 11.1 Å². The third kappa shape index (κ3) is 4.78. The van der Waals surface area contributed by atoms with E-state index in [4.69, 9.17) is 9.47 Å². The van der Waals surface area contributed by atoms with Crippen LogP contribution < -0.4 is 14.8 Å². The van der Waals surface area contributed by atoms with Crippen molar-refractivity contribution in [3.63, 3.8) is 0 Å². The number of thioether (sulfide) groups is 1. The third-order valence-corrected chi connectivity index (χ3v) is 5.45. The first-order valence-corrected chi connectivity index (χ1v) is 9.53. The Morgan fingerprint density at radius 3 is 2.68 bits per heavy atom. The van der Waals surface area contributed by atoms with Crippen molar-refractivity contribution >= 4 is 29.0 Å². The molecule has 1 aliphatic heterocycles. The standard InChI is InChI=1S/C19H23NO4S/c1-23-16-11-14(12-17-18(21)20-19(22)25-17)7-8-15(16)24-10-9-13-5-3-2-4-6-13/h7-8,11-13H,2-6,9-10H2,1H3,(H,20,21,22)/b17-12-. The van der Waals surface area contributed by atoms with Gasteiger partial charge in [0.1, 0.15) is 0 Å². The molecular formula is C19H23NO4S. The summed E-state index contributed by atoms with van der Waals surface area (Å²) >= 11 is 0.905. The summed E-state index contributed by atoms with van der Waals surface area (Å²) in [6.45, 7) is 0.689. The van der Waals surface area contributed by atoms with Crippen LogP contribution in [0.1, 0.15) is 44.1 Å². The highest BCUT2D eigenvalue weighted by atomic mass is 32.2. The molecule has 2 aliphatic rings. The second-order valence-corrected chi connectivity index (χ2v) is 7.42. The number of methoxy groups -OCH3 is 1. The van der Waals surface area contributed by atoms with Gasteiger partial charge in [-0.1, -0.05) is 38.2 Å². The fraction of sp³-hybridized carbons (Fsp3) is 0.474. The molecule has 0 aromatic heterocycles. The molecule has 0 spiro atoms. The zero-order valence-electron chi connectivity index (χ0n) is 14.4. The summed E-state index contributed by atoms with van der Waals surface area (Å²) in [5, 5.41) is 1.91. The predicted molar refractivity (Wildman–Crippen MR) is 98.8 cm³/mol. The van der Waals surface area contributed by atoms with Crippen LogP contribution >= 0.6 is 11.8 Å². The van der Waals surface area contributed by atoms with E-state index in [1.54, 1.807) is 13.2 Å². The molecule has 1 aromatic carbocycles. The molecule has 3 rings (SSSR count). The topological polar surface area (TPSA) is 64.6 Å². The van der Waals surface area contributed by atoms with Gasteiger partial charge in [-0.05, 0) is 47.9 Å². The molecule has 2 amide bonds. The maximum absolute atomic E-state index is 11.6. The number of rotatable bonds is 6. The fourth-order valence-corrected chi connectivity index (χ4v) is 3.96. The molecule has 0 radical (unpaired) electrons. The highest BCUT2D eigenvalue weighted by molar-refractivity contribution is 8.18. The Hall–Kier alpha value is -1.95. The summed E-state index contributed by atoms with van der Waals surface area (Å²) in [4.78, 5) is 23.2. The number of benzene rings is 1. The second kappa shape index (κ2) is 8.43. The van der Waals surface area contributed by atoms with Crippen molar-refractivity contribution in [2.45, 2.75) is 38.5 Å². The smallest absolute Gasteiger partial charge is 0.290 e. The van der Waals surface area contributed by atoms with Gasteiger partial charge in [-0.25, -0.2) is 0 Å². The van der Waals surface area contributed by atoms with Crippen LogP contribution in [0.2, 0.25) is 0 Å². The number of nitrogens with one attached hydrogen (secondary N) is 1. The van der Waals surface area contributed by atoms with Gasteiger partial charge >= 0.3 is 0 Å². The summed E-state index contributed by atoms with van der Waals surface area (Å²) in [5.74, 6) is 1.76. The Labute approximate surface area is 152 Å². The maximum atomic E-state index is 11.6. The average Bonchev–Trinajstić information content (AvgIpc) is 2.94. The molecule has 2 fully saturated rings. The molecule has 1 aliphatic carbocycles. The molecule has 0 atom stereocenters. The van der Waals surface area contributed by atoms with Crippen LogP contribution in [0.15, 0.2) is 23.1 Å². The van der Waals surface area contributed by atoms with Gasteiger partial charge < -0.3 is 9.47 Å². The van der Waals surface area contributed by atoms with E-state index in [1.807, 2.05) is 18.2 Å². The van der Waals surface area contributed by atoms with Gasteiger partial charge in [-0.2, -0.15) is 0 Å². The normalized spacial score (nSPS) is 20.0.